The summed E-state index contributed by atoms with van der Waals surface area (Å²) in [6.45, 7) is 2.11. The van der Waals surface area contributed by atoms with Crippen molar-refractivity contribution in [2.24, 2.45) is 0 Å². The number of amides is 1. The van der Waals surface area contributed by atoms with Crippen LogP contribution < -0.4 is 10.2 Å². The number of halogens is 1. The molecule has 142 valence electrons. The Morgan fingerprint density at radius 3 is 2.29 bits per heavy atom. The molecule has 2 aromatic carbocycles. The van der Waals surface area contributed by atoms with Gasteiger partial charge in [0.25, 0.3) is 0 Å². The molecule has 0 spiro atoms. The van der Waals surface area contributed by atoms with Crippen LogP contribution in [0.1, 0.15) is 18.4 Å². The molecule has 0 atom stereocenters. The Bertz CT molecular complexity index is 934. The molecule has 0 saturated carbocycles. The van der Waals surface area contributed by atoms with Crippen LogP contribution in [0.3, 0.4) is 0 Å². The number of rotatable bonds is 5. The summed E-state index contributed by atoms with van der Waals surface area (Å²) < 4.78 is 0. The molecule has 0 aliphatic carbocycles. The fourth-order valence-corrected chi connectivity index (χ4v) is 3.44. The van der Waals surface area contributed by atoms with Gasteiger partial charge in [-0.25, -0.2) is 0 Å². The van der Waals surface area contributed by atoms with Crippen molar-refractivity contribution in [1.29, 1.82) is 0 Å². The SMILES string of the molecule is O=C(Cc1ccc(Cl)cc1)Nc1ccc(-c2ccc(N3CCCC3)nn2)cc1. The van der Waals surface area contributed by atoms with E-state index in [1.54, 1.807) is 12.1 Å². The largest absolute Gasteiger partial charge is 0.355 e. The van der Waals surface area contributed by atoms with Crippen molar-refractivity contribution in [1.82, 2.24) is 10.2 Å². The van der Waals surface area contributed by atoms with Gasteiger partial charge in [-0.3, -0.25) is 4.79 Å². The Labute approximate surface area is 169 Å². The van der Waals surface area contributed by atoms with E-state index in [2.05, 4.69) is 20.4 Å². The van der Waals surface area contributed by atoms with Crippen molar-refractivity contribution in [2.75, 3.05) is 23.3 Å². The van der Waals surface area contributed by atoms with Gasteiger partial charge in [0, 0.05) is 29.4 Å². The topological polar surface area (TPSA) is 58.1 Å². The van der Waals surface area contributed by atoms with Crippen LogP contribution in [-0.2, 0) is 11.2 Å². The number of hydrogen-bond donors (Lipinski definition) is 1. The number of carbonyl (C=O) groups is 1. The molecule has 1 aromatic heterocycles. The highest BCUT2D eigenvalue weighted by molar-refractivity contribution is 6.30. The van der Waals surface area contributed by atoms with Crippen LogP contribution in [0, 0.1) is 0 Å². The first-order valence-corrected chi connectivity index (χ1v) is 9.78. The van der Waals surface area contributed by atoms with E-state index in [9.17, 15) is 4.79 Å². The summed E-state index contributed by atoms with van der Waals surface area (Å²) in [5.74, 6) is 0.872. The van der Waals surface area contributed by atoms with Crippen LogP contribution in [0.25, 0.3) is 11.3 Å². The molecule has 0 unspecified atom stereocenters. The van der Waals surface area contributed by atoms with Gasteiger partial charge < -0.3 is 10.2 Å². The number of nitrogens with one attached hydrogen (secondary N) is 1. The molecule has 2 heterocycles. The van der Waals surface area contributed by atoms with Gasteiger partial charge in [0.1, 0.15) is 0 Å². The Balaban J connectivity index is 1.37. The van der Waals surface area contributed by atoms with E-state index in [4.69, 9.17) is 11.6 Å². The highest BCUT2D eigenvalue weighted by atomic mass is 35.5. The number of aromatic nitrogens is 2. The molecule has 1 N–H and O–H groups in total. The third-order valence-corrected chi connectivity index (χ3v) is 5.07. The first-order chi connectivity index (χ1) is 13.7. The van der Waals surface area contributed by atoms with Gasteiger partial charge in [-0.2, -0.15) is 0 Å². The molecular weight excluding hydrogens is 372 g/mol. The smallest absolute Gasteiger partial charge is 0.228 e. The van der Waals surface area contributed by atoms with Crippen LogP contribution in [0.2, 0.25) is 5.02 Å². The maximum atomic E-state index is 12.2. The van der Waals surface area contributed by atoms with Crippen LogP contribution in [0.5, 0.6) is 0 Å². The summed E-state index contributed by atoms with van der Waals surface area (Å²) in [6.07, 6.45) is 2.74. The number of carbonyl (C=O) groups excluding carboxylic acids is 1. The lowest BCUT2D eigenvalue weighted by molar-refractivity contribution is -0.115. The van der Waals surface area contributed by atoms with Crippen LogP contribution in [0.15, 0.2) is 60.7 Å². The number of nitrogens with zero attached hydrogens (tertiary/aromatic N) is 3. The zero-order chi connectivity index (χ0) is 19.3. The normalized spacial score (nSPS) is 13.5. The van der Waals surface area contributed by atoms with E-state index in [0.29, 0.717) is 11.4 Å². The Kier molecular flexibility index (Phi) is 5.53. The molecule has 1 amide bonds. The minimum Gasteiger partial charge on any atom is -0.355 e. The lowest BCUT2D eigenvalue weighted by Crippen LogP contribution is -2.19. The molecule has 0 bridgehead atoms. The number of hydrogen-bond acceptors (Lipinski definition) is 4. The Morgan fingerprint density at radius 1 is 0.929 bits per heavy atom. The summed E-state index contributed by atoms with van der Waals surface area (Å²) in [6, 6.07) is 18.9. The van der Waals surface area contributed by atoms with Crippen LogP contribution in [-0.4, -0.2) is 29.2 Å². The molecule has 0 radical (unpaired) electrons. The second-order valence-corrected chi connectivity index (χ2v) is 7.34. The van der Waals surface area contributed by atoms with Gasteiger partial charge in [-0.1, -0.05) is 35.9 Å². The molecule has 5 nitrogen and oxygen atoms in total. The zero-order valence-corrected chi connectivity index (χ0v) is 16.2. The van der Waals surface area contributed by atoms with Crippen LogP contribution >= 0.6 is 11.6 Å². The lowest BCUT2D eigenvalue weighted by Gasteiger charge is -2.15. The summed E-state index contributed by atoms with van der Waals surface area (Å²) in [5.41, 5.74) is 3.47. The average molecular weight is 393 g/mol. The average Bonchev–Trinajstić information content (AvgIpc) is 3.25. The second kappa shape index (κ2) is 8.40. The van der Waals surface area contributed by atoms with Gasteiger partial charge in [-0.15, -0.1) is 10.2 Å². The van der Waals surface area contributed by atoms with Gasteiger partial charge >= 0.3 is 0 Å². The standard InChI is InChI=1S/C22H21ClN4O/c23-18-7-3-16(4-8-18)15-22(28)24-19-9-5-17(6-10-19)20-11-12-21(26-25-20)27-13-1-2-14-27/h3-12H,1-2,13-15H2,(H,24,28). The first-order valence-electron chi connectivity index (χ1n) is 9.41. The first kappa shape index (κ1) is 18.4. The summed E-state index contributed by atoms with van der Waals surface area (Å²) in [7, 11) is 0. The van der Waals surface area contributed by atoms with E-state index in [-0.39, 0.29) is 5.91 Å². The van der Waals surface area contributed by atoms with Gasteiger partial charge in [0.05, 0.1) is 12.1 Å². The van der Waals surface area contributed by atoms with E-state index in [1.165, 1.54) is 12.8 Å². The Hall–Kier alpha value is -2.92. The zero-order valence-electron chi connectivity index (χ0n) is 15.4. The highest BCUT2D eigenvalue weighted by Crippen LogP contribution is 2.22. The third-order valence-electron chi connectivity index (χ3n) is 4.82. The Morgan fingerprint density at radius 2 is 1.64 bits per heavy atom. The maximum absolute atomic E-state index is 12.2. The molecule has 1 saturated heterocycles. The molecule has 6 heteroatoms. The second-order valence-electron chi connectivity index (χ2n) is 6.90. The van der Waals surface area contributed by atoms with Gasteiger partial charge in [0.15, 0.2) is 5.82 Å². The van der Waals surface area contributed by atoms with Crippen molar-refractivity contribution in [3.05, 3.63) is 71.2 Å². The van der Waals surface area contributed by atoms with Crippen molar-refractivity contribution >= 4 is 29.0 Å². The predicted octanol–water partition coefficient (Wildman–Crippen LogP) is 4.58. The van der Waals surface area contributed by atoms with Crippen molar-refractivity contribution < 1.29 is 4.79 Å². The minimum atomic E-state index is -0.0650. The van der Waals surface area contributed by atoms with E-state index < -0.39 is 0 Å². The molecule has 3 aromatic rings. The summed E-state index contributed by atoms with van der Waals surface area (Å²) >= 11 is 5.87. The van der Waals surface area contributed by atoms with Crippen molar-refractivity contribution in [2.45, 2.75) is 19.3 Å². The van der Waals surface area contributed by atoms with E-state index in [1.807, 2.05) is 48.5 Å². The van der Waals surface area contributed by atoms with E-state index >= 15 is 0 Å². The molecule has 28 heavy (non-hydrogen) atoms. The fraction of sp³-hybridized carbons (Fsp3) is 0.227. The maximum Gasteiger partial charge on any atom is 0.228 e. The molecule has 1 aliphatic rings. The van der Waals surface area contributed by atoms with Crippen molar-refractivity contribution in [3.8, 4) is 11.3 Å². The number of benzene rings is 2. The van der Waals surface area contributed by atoms with Gasteiger partial charge in [-0.05, 0) is 54.8 Å². The van der Waals surface area contributed by atoms with Crippen LogP contribution in [0.4, 0.5) is 11.5 Å². The molecule has 1 aliphatic heterocycles. The quantitative estimate of drug-likeness (QED) is 0.690. The highest BCUT2D eigenvalue weighted by Gasteiger charge is 2.14. The molecular formula is C22H21ClN4O. The monoisotopic (exact) mass is 392 g/mol. The van der Waals surface area contributed by atoms with E-state index in [0.717, 1.165) is 41.4 Å². The third kappa shape index (κ3) is 4.49. The lowest BCUT2D eigenvalue weighted by atomic mass is 10.1. The summed E-state index contributed by atoms with van der Waals surface area (Å²) in [4.78, 5) is 14.5. The minimum absolute atomic E-state index is 0.0650. The summed E-state index contributed by atoms with van der Waals surface area (Å²) in [5, 5.41) is 12.3. The molecule has 1 fully saturated rings. The van der Waals surface area contributed by atoms with Crippen molar-refractivity contribution in [3.63, 3.8) is 0 Å². The molecule has 4 rings (SSSR count). The van der Waals surface area contributed by atoms with Gasteiger partial charge in [0.2, 0.25) is 5.91 Å². The number of anilines is 2. The predicted molar refractivity (Wildman–Crippen MR) is 113 cm³/mol. The fourth-order valence-electron chi connectivity index (χ4n) is 3.31.